The van der Waals surface area contributed by atoms with Crippen LogP contribution in [0.25, 0.3) is 0 Å². The van der Waals surface area contributed by atoms with E-state index >= 15 is 0 Å². The maximum atomic E-state index is 6.01. The molecule has 25 heavy (non-hydrogen) atoms. The van der Waals surface area contributed by atoms with Crippen molar-refractivity contribution in [1.29, 1.82) is 0 Å². The van der Waals surface area contributed by atoms with Crippen molar-refractivity contribution in [3.8, 4) is 5.75 Å². The van der Waals surface area contributed by atoms with Gasteiger partial charge in [-0.3, -0.25) is 0 Å². The molecule has 0 aliphatic carbocycles. The quantitative estimate of drug-likeness (QED) is 0.624. The van der Waals surface area contributed by atoms with Gasteiger partial charge in [0, 0.05) is 34.0 Å². The van der Waals surface area contributed by atoms with E-state index in [1.54, 1.807) is 37.6 Å². The molecule has 0 aliphatic rings. The van der Waals surface area contributed by atoms with Crippen LogP contribution in [0.1, 0.15) is 5.56 Å². The van der Waals surface area contributed by atoms with E-state index in [4.69, 9.17) is 27.9 Å². The molecule has 0 spiro atoms. The smallest absolute Gasteiger partial charge is 0.224 e. The first kappa shape index (κ1) is 17.3. The molecule has 128 valence electrons. The van der Waals surface area contributed by atoms with E-state index in [9.17, 15) is 0 Å². The number of anilines is 3. The third-order valence-corrected chi connectivity index (χ3v) is 3.86. The number of nitrogens with one attached hydrogen (secondary N) is 2. The number of aromatic nitrogens is 2. The molecular formula is C18H16Cl2N4O. The van der Waals surface area contributed by atoms with Gasteiger partial charge in [0.05, 0.1) is 7.11 Å². The number of hydrogen-bond donors (Lipinski definition) is 2. The molecule has 0 radical (unpaired) electrons. The number of ether oxygens (including phenoxy) is 1. The molecule has 0 unspecified atom stereocenters. The van der Waals surface area contributed by atoms with Crippen molar-refractivity contribution in [2.24, 2.45) is 0 Å². The number of methoxy groups -OCH3 is 1. The van der Waals surface area contributed by atoms with Gasteiger partial charge < -0.3 is 15.4 Å². The Kier molecular flexibility index (Phi) is 5.58. The van der Waals surface area contributed by atoms with Crippen molar-refractivity contribution < 1.29 is 4.74 Å². The number of halogens is 2. The molecule has 1 aromatic heterocycles. The Balaban J connectivity index is 1.71. The van der Waals surface area contributed by atoms with Crippen LogP contribution in [0.2, 0.25) is 10.0 Å². The van der Waals surface area contributed by atoms with Gasteiger partial charge in [-0.2, -0.15) is 4.98 Å². The SMILES string of the molecule is COc1ccccc1CNc1nccc(Nc2cc(Cl)cc(Cl)c2)n1. The van der Waals surface area contributed by atoms with Gasteiger partial charge >= 0.3 is 0 Å². The van der Waals surface area contributed by atoms with Crippen LogP contribution < -0.4 is 15.4 Å². The van der Waals surface area contributed by atoms with Gasteiger partial charge in [-0.15, -0.1) is 0 Å². The zero-order valence-corrected chi connectivity index (χ0v) is 15.0. The van der Waals surface area contributed by atoms with Gasteiger partial charge in [-0.25, -0.2) is 4.98 Å². The van der Waals surface area contributed by atoms with Crippen molar-refractivity contribution in [1.82, 2.24) is 9.97 Å². The predicted octanol–water partition coefficient (Wildman–Crippen LogP) is 5.15. The molecule has 1 heterocycles. The van der Waals surface area contributed by atoms with E-state index in [2.05, 4.69) is 20.6 Å². The van der Waals surface area contributed by atoms with Crippen molar-refractivity contribution >= 4 is 40.7 Å². The van der Waals surface area contributed by atoms with Gasteiger partial charge in [0.2, 0.25) is 5.95 Å². The van der Waals surface area contributed by atoms with Crippen molar-refractivity contribution in [3.05, 3.63) is 70.3 Å². The molecule has 0 bridgehead atoms. The summed E-state index contributed by atoms with van der Waals surface area (Å²) in [5.41, 5.74) is 1.78. The standard InChI is InChI=1S/C18H16Cl2N4O/c1-25-16-5-3-2-4-12(16)11-22-18-21-7-6-17(24-18)23-15-9-13(19)8-14(20)10-15/h2-10H,11H2,1H3,(H2,21,22,23,24). The minimum atomic E-state index is 0.504. The molecule has 0 saturated heterocycles. The summed E-state index contributed by atoms with van der Waals surface area (Å²) in [4.78, 5) is 8.67. The summed E-state index contributed by atoms with van der Waals surface area (Å²) in [7, 11) is 1.65. The fourth-order valence-corrected chi connectivity index (χ4v) is 2.84. The first-order valence-electron chi connectivity index (χ1n) is 7.56. The molecule has 3 aromatic rings. The molecule has 0 aliphatic heterocycles. The highest BCUT2D eigenvalue weighted by Gasteiger charge is 2.05. The maximum absolute atomic E-state index is 6.01. The lowest BCUT2D eigenvalue weighted by atomic mass is 10.2. The van der Waals surface area contributed by atoms with Gasteiger partial charge in [0.1, 0.15) is 11.6 Å². The Hall–Kier alpha value is -2.50. The molecule has 2 N–H and O–H groups in total. The first-order chi connectivity index (χ1) is 12.1. The predicted molar refractivity (Wildman–Crippen MR) is 102 cm³/mol. The monoisotopic (exact) mass is 374 g/mol. The summed E-state index contributed by atoms with van der Waals surface area (Å²) < 4.78 is 5.34. The number of para-hydroxylation sites is 1. The van der Waals surface area contributed by atoms with Crippen LogP contribution in [-0.4, -0.2) is 17.1 Å². The Morgan fingerprint density at radius 3 is 2.56 bits per heavy atom. The highest BCUT2D eigenvalue weighted by Crippen LogP contribution is 2.25. The molecule has 2 aromatic carbocycles. The lowest BCUT2D eigenvalue weighted by Gasteiger charge is -2.11. The largest absolute Gasteiger partial charge is 0.496 e. The number of benzene rings is 2. The number of nitrogens with zero attached hydrogens (tertiary/aromatic N) is 2. The summed E-state index contributed by atoms with van der Waals surface area (Å²) in [5.74, 6) is 1.96. The third kappa shape index (κ3) is 4.75. The summed E-state index contributed by atoms with van der Waals surface area (Å²) in [6.45, 7) is 0.552. The number of rotatable bonds is 6. The molecule has 0 saturated carbocycles. The molecule has 5 nitrogen and oxygen atoms in total. The van der Waals surface area contributed by atoms with Crippen LogP contribution in [0, 0.1) is 0 Å². The van der Waals surface area contributed by atoms with E-state index < -0.39 is 0 Å². The highest BCUT2D eigenvalue weighted by molar-refractivity contribution is 6.35. The van der Waals surface area contributed by atoms with Crippen molar-refractivity contribution in [2.45, 2.75) is 6.54 Å². The fourth-order valence-electron chi connectivity index (χ4n) is 2.31. The van der Waals surface area contributed by atoms with E-state index in [1.165, 1.54) is 0 Å². The molecule has 0 atom stereocenters. The summed E-state index contributed by atoms with van der Waals surface area (Å²) >= 11 is 12.0. The van der Waals surface area contributed by atoms with Crippen LogP contribution >= 0.6 is 23.2 Å². The van der Waals surface area contributed by atoms with Crippen LogP contribution in [-0.2, 0) is 6.54 Å². The van der Waals surface area contributed by atoms with Gasteiger partial charge in [0.15, 0.2) is 0 Å². The van der Waals surface area contributed by atoms with E-state index in [1.807, 2.05) is 24.3 Å². The molecule has 3 rings (SSSR count). The van der Waals surface area contributed by atoms with Crippen LogP contribution in [0.4, 0.5) is 17.5 Å². The van der Waals surface area contributed by atoms with Gasteiger partial charge in [0.25, 0.3) is 0 Å². The summed E-state index contributed by atoms with van der Waals surface area (Å²) in [5, 5.41) is 7.46. The van der Waals surface area contributed by atoms with Crippen LogP contribution in [0.3, 0.4) is 0 Å². The molecular weight excluding hydrogens is 359 g/mol. The van der Waals surface area contributed by atoms with Crippen molar-refractivity contribution in [3.63, 3.8) is 0 Å². The Morgan fingerprint density at radius 2 is 1.80 bits per heavy atom. The second kappa shape index (κ2) is 8.05. The summed E-state index contributed by atoms with van der Waals surface area (Å²) in [6.07, 6.45) is 1.67. The highest BCUT2D eigenvalue weighted by atomic mass is 35.5. The Labute approximate surface area is 156 Å². The normalized spacial score (nSPS) is 10.4. The first-order valence-corrected chi connectivity index (χ1v) is 8.31. The number of hydrogen-bond acceptors (Lipinski definition) is 5. The van der Waals surface area contributed by atoms with Crippen LogP contribution in [0.15, 0.2) is 54.7 Å². The average molecular weight is 375 g/mol. The zero-order valence-electron chi connectivity index (χ0n) is 13.5. The zero-order chi connectivity index (χ0) is 17.6. The summed E-state index contributed by atoms with van der Waals surface area (Å²) in [6, 6.07) is 14.8. The lowest BCUT2D eigenvalue weighted by molar-refractivity contribution is 0.410. The minimum absolute atomic E-state index is 0.504. The topological polar surface area (TPSA) is 59.1 Å². The third-order valence-electron chi connectivity index (χ3n) is 3.42. The Morgan fingerprint density at radius 1 is 1.04 bits per heavy atom. The second-order valence-corrected chi connectivity index (χ2v) is 6.09. The van der Waals surface area contributed by atoms with Crippen molar-refractivity contribution in [2.75, 3.05) is 17.7 Å². The second-order valence-electron chi connectivity index (χ2n) is 5.21. The molecule has 0 fully saturated rings. The average Bonchev–Trinajstić information content (AvgIpc) is 2.59. The fraction of sp³-hybridized carbons (Fsp3) is 0.111. The van der Waals surface area contributed by atoms with Crippen LogP contribution in [0.5, 0.6) is 5.75 Å². The lowest BCUT2D eigenvalue weighted by Crippen LogP contribution is -2.06. The maximum Gasteiger partial charge on any atom is 0.224 e. The van der Waals surface area contributed by atoms with E-state index in [0.717, 1.165) is 17.0 Å². The minimum Gasteiger partial charge on any atom is -0.496 e. The van der Waals surface area contributed by atoms with E-state index in [-0.39, 0.29) is 0 Å². The van der Waals surface area contributed by atoms with E-state index in [0.29, 0.717) is 28.4 Å². The molecule has 7 heteroatoms. The van der Waals surface area contributed by atoms with Gasteiger partial charge in [-0.05, 0) is 30.3 Å². The molecule has 0 amide bonds. The van der Waals surface area contributed by atoms with Gasteiger partial charge in [-0.1, -0.05) is 41.4 Å². The Bertz CT molecular complexity index is 853.